The van der Waals surface area contributed by atoms with E-state index in [1.54, 1.807) is 0 Å². The summed E-state index contributed by atoms with van der Waals surface area (Å²) in [6.45, 7) is 15.8. The molecule has 148 valence electrons. The van der Waals surface area contributed by atoms with Crippen LogP contribution in [-0.2, 0) is 4.74 Å². The smallest absolute Gasteiger partial charge is 0.188 e. The van der Waals surface area contributed by atoms with Crippen LogP contribution in [0.5, 0.6) is 0 Å². The average Bonchev–Trinajstić information content (AvgIpc) is 2.58. The Labute approximate surface area is 170 Å². The zero-order valence-electron chi connectivity index (χ0n) is 16.3. The van der Waals surface area contributed by atoms with E-state index in [0.29, 0.717) is 5.96 Å². The average molecular weight is 467 g/mol. The summed E-state index contributed by atoms with van der Waals surface area (Å²) in [5.74, 6) is 1.37. The summed E-state index contributed by atoms with van der Waals surface area (Å²) in [6.07, 6.45) is 3.73. The van der Waals surface area contributed by atoms with Crippen molar-refractivity contribution >= 4 is 29.9 Å². The van der Waals surface area contributed by atoms with Crippen molar-refractivity contribution in [2.75, 3.05) is 59.0 Å². The lowest BCUT2D eigenvalue weighted by Gasteiger charge is -2.42. The fourth-order valence-corrected chi connectivity index (χ4v) is 3.52. The van der Waals surface area contributed by atoms with Gasteiger partial charge in [0, 0.05) is 31.7 Å². The molecule has 7 heteroatoms. The molecule has 2 heterocycles. The molecule has 3 N–H and O–H groups in total. The summed E-state index contributed by atoms with van der Waals surface area (Å²) in [7, 11) is 0. The zero-order valence-corrected chi connectivity index (χ0v) is 18.6. The number of halogens is 1. The molecule has 0 bridgehead atoms. The Bertz CT molecular complexity index is 399. The van der Waals surface area contributed by atoms with Crippen LogP contribution in [0.25, 0.3) is 0 Å². The van der Waals surface area contributed by atoms with E-state index in [1.807, 2.05) is 0 Å². The van der Waals surface area contributed by atoms with E-state index in [2.05, 4.69) is 40.9 Å². The molecule has 2 saturated heterocycles. The molecule has 0 saturated carbocycles. The van der Waals surface area contributed by atoms with Crippen LogP contribution in [-0.4, -0.2) is 80.3 Å². The van der Waals surface area contributed by atoms with Gasteiger partial charge in [-0.2, -0.15) is 0 Å². The van der Waals surface area contributed by atoms with E-state index in [-0.39, 0.29) is 29.5 Å². The summed E-state index contributed by atoms with van der Waals surface area (Å²) in [5, 5.41) is 3.26. The monoisotopic (exact) mass is 467 g/mol. The molecule has 0 aromatic carbocycles. The highest BCUT2D eigenvalue weighted by atomic mass is 127. The Kier molecular flexibility index (Phi) is 10.6. The molecule has 0 aromatic heterocycles. The first-order valence-corrected chi connectivity index (χ1v) is 9.56. The molecule has 0 amide bonds. The van der Waals surface area contributed by atoms with Crippen molar-refractivity contribution in [1.82, 2.24) is 15.1 Å². The fourth-order valence-electron chi connectivity index (χ4n) is 3.52. The van der Waals surface area contributed by atoms with Crippen molar-refractivity contribution in [2.45, 2.75) is 45.6 Å². The first-order chi connectivity index (χ1) is 11.5. The van der Waals surface area contributed by atoms with Crippen molar-refractivity contribution < 1.29 is 4.74 Å². The number of nitrogens with one attached hydrogen (secondary N) is 1. The molecule has 1 atom stereocenters. The van der Waals surface area contributed by atoms with Gasteiger partial charge in [0.25, 0.3) is 0 Å². The minimum atomic E-state index is 0. The minimum absolute atomic E-state index is 0. The van der Waals surface area contributed by atoms with Gasteiger partial charge in [0.1, 0.15) is 0 Å². The Morgan fingerprint density at radius 1 is 1.28 bits per heavy atom. The Balaban J connectivity index is 0.00000312. The largest absolute Gasteiger partial charge is 0.379 e. The lowest BCUT2D eigenvalue weighted by atomic mass is 9.94. The van der Waals surface area contributed by atoms with Gasteiger partial charge in [-0.05, 0) is 52.1 Å². The molecule has 6 nitrogen and oxygen atoms in total. The van der Waals surface area contributed by atoms with Crippen LogP contribution >= 0.6 is 24.0 Å². The Hall–Kier alpha value is -0.120. The van der Waals surface area contributed by atoms with Crippen molar-refractivity contribution in [3.05, 3.63) is 0 Å². The van der Waals surface area contributed by atoms with Gasteiger partial charge >= 0.3 is 0 Å². The molecule has 2 aliphatic rings. The molecule has 0 aromatic rings. The van der Waals surface area contributed by atoms with Crippen LogP contribution in [0.3, 0.4) is 0 Å². The van der Waals surface area contributed by atoms with Crippen molar-refractivity contribution in [2.24, 2.45) is 16.6 Å². The Morgan fingerprint density at radius 3 is 2.68 bits per heavy atom. The number of piperidine rings is 1. The van der Waals surface area contributed by atoms with E-state index in [0.717, 1.165) is 58.3 Å². The predicted molar refractivity (Wildman–Crippen MR) is 116 cm³/mol. The van der Waals surface area contributed by atoms with Gasteiger partial charge in [-0.25, -0.2) is 0 Å². The van der Waals surface area contributed by atoms with Gasteiger partial charge in [0.05, 0.1) is 19.8 Å². The summed E-state index contributed by atoms with van der Waals surface area (Å²) < 4.78 is 5.36. The second kappa shape index (κ2) is 11.6. The third-order valence-electron chi connectivity index (χ3n) is 5.21. The number of ether oxygens (including phenoxy) is 1. The fraction of sp³-hybridized carbons (Fsp3) is 0.944. The highest BCUT2D eigenvalue weighted by Crippen LogP contribution is 2.23. The van der Waals surface area contributed by atoms with Crippen LogP contribution in [0, 0.1) is 5.92 Å². The molecule has 2 rings (SSSR count). The van der Waals surface area contributed by atoms with Crippen LogP contribution in [0.2, 0.25) is 0 Å². The number of aliphatic imine (C=N–C) groups is 1. The predicted octanol–water partition coefficient (Wildman–Crippen LogP) is 1.74. The lowest BCUT2D eigenvalue weighted by molar-refractivity contribution is 0.0376. The number of nitrogens with zero attached hydrogens (tertiary/aromatic N) is 3. The van der Waals surface area contributed by atoms with Gasteiger partial charge in [0.2, 0.25) is 0 Å². The summed E-state index contributed by atoms with van der Waals surface area (Å²) in [5.41, 5.74) is 6.12. The maximum Gasteiger partial charge on any atom is 0.188 e. The number of guanidine groups is 1. The summed E-state index contributed by atoms with van der Waals surface area (Å²) >= 11 is 0. The summed E-state index contributed by atoms with van der Waals surface area (Å²) in [6, 6.07) is 0. The first kappa shape index (κ1) is 22.9. The van der Waals surface area contributed by atoms with E-state index in [4.69, 9.17) is 10.5 Å². The second-order valence-electron chi connectivity index (χ2n) is 7.94. The number of hydrogen-bond acceptors (Lipinski definition) is 4. The summed E-state index contributed by atoms with van der Waals surface area (Å²) in [4.78, 5) is 9.60. The third kappa shape index (κ3) is 8.41. The molecular weight excluding hydrogens is 429 g/mol. The highest BCUT2D eigenvalue weighted by molar-refractivity contribution is 14.0. The molecular formula is C18H38IN5O. The van der Waals surface area contributed by atoms with E-state index < -0.39 is 0 Å². The zero-order chi connectivity index (χ0) is 17.4. The molecule has 1 unspecified atom stereocenters. The van der Waals surface area contributed by atoms with E-state index in [1.165, 1.54) is 25.9 Å². The molecule has 2 aliphatic heterocycles. The lowest BCUT2D eigenvalue weighted by Crippen LogP contribution is -2.51. The minimum Gasteiger partial charge on any atom is -0.379 e. The van der Waals surface area contributed by atoms with Crippen LogP contribution in [0.1, 0.15) is 40.0 Å². The van der Waals surface area contributed by atoms with Gasteiger partial charge in [-0.1, -0.05) is 6.92 Å². The van der Waals surface area contributed by atoms with Crippen LogP contribution in [0.4, 0.5) is 0 Å². The van der Waals surface area contributed by atoms with Gasteiger partial charge in [-0.15, -0.1) is 24.0 Å². The van der Waals surface area contributed by atoms with Gasteiger partial charge in [0.15, 0.2) is 5.96 Å². The maximum atomic E-state index is 6.04. The standard InChI is InChI=1S/C18H37N5O.HI/c1-16-6-4-9-23(14-16)18(2,3)15-21-17(19)20-7-5-8-22-10-12-24-13-11-22;/h16H,4-15H2,1-3H3,(H3,19,20,21);1H. The Morgan fingerprint density at radius 2 is 2.00 bits per heavy atom. The van der Waals surface area contributed by atoms with E-state index in [9.17, 15) is 0 Å². The molecule has 0 radical (unpaired) electrons. The van der Waals surface area contributed by atoms with Crippen LogP contribution < -0.4 is 11.1 Å². The highest BCUT2D eigenvalue weighted by Gasteiger charge is 2.29. The first-order valence-electron chi connectivity index (χ1n) is 9.56. The quantitative estimate of drug-likeness (QED) is 0.259. The second-order valence-corrected chi connectivity index (χ2v) is 7.94. The number of rotatable bonds is 7. The third-order valence-corrected chi connectivity index (χ3v) is 5.21. The van der Waals surface area contributed by atoms with Gasteiger partial charge < -0.3 is 15.8 Å². The molecule has 0 spiro atoms. The number of morpholine rings is 1. The maximum absolute atomic E-state index is 6.04. The molecule has 0 aliphatic carbocycles. The molecule has 2 fully saturated rings. The number of likely N-dealkylation sites (tertiary alicyclic amines) is 1. The SMILES string of the molecule is CC1CCCN(C(C)(C)CN=C(N)NCCCN2CCOCC2)C1.I. The van der Waals surface area contributed by atoms with Gasteiger partial charge in [-0.3, -0.25) is 14.8 Å². The number of nitrogens with two attached hydrogens (primary N) is 1. The van der Waals surface area contributed by atoms with Crippen molar-refractivity contribution in [3.8, 4) is 0 Å². The normalized spacial score (nSPS) is 24.0. The van der Waals surface area contributed by atoms with E-state index >= 15 is 0 Å². The number of hydrogen-bond donors (Lipinski definition) is 2. The molecule has 25 heavy (non-hydrogen) atoms. The topological polar surface area (TPSA) is 66.1 Å². The van der Waals surface area contributed by atoms with Crippen molar-refractivity contribution in [3.63, 3.8) is 0 Å². The van der Waals surface area contributed by atoms with Crippen molar-refractivity contribution in [1.29, 1.82) is 0 Å². The van der Waals surface area contributed by atoms with Crippen LogP contribution in [0.15, 0.2) is 4.99 Å².